The summed E-state index contributed by atoms with van der Waals surface area (Å²) in [6.07, 6.45) is 55.4. The van der Waals surface area contributed by atoms with Crippen LogP contribution in [0.1, 0.15) is 402 Å². The van der Waals surface area contributed by atoms with E-state index in [9.17, 15) is 43.2 Å². The Morgan fingerprint density at radius 1 is 0.278 bits per heavy atom. The number of carbonyl (C=O) groups excluding carboxylic acids is 4. The molecular formula is C78H152O17P2. The van der Waals surface area contributed by atoms with Crippen molar-refractivity contribution in [1.29, 1.82) is 0 Å². The highest BCUT2D eigenvalue weighted by molar-refractivity contribution is 7.47. The fraction of sp³-hybridized carbons (Fsp3) is 0.949. The van der Waals surface area contributed by atoms with Gasteiger partial charge in [-0.1, -0.05) is 350 Å². The molecule has 0 heterocycles. The Kier molecular flexibility index (Phi) is 67.1. The largest absolute Gasteiger partial charge is 0.472 e. The summed E-state index contributed by atoms with van der Waals surface area (Å²) in [5.41, 5.74) is 0. The molecule has 0 aromatic carbocycles. The smallest absolute Gasteiger partial charge is 0.462 e. The number of rotatable bonds is 76. The molecule has 0 rings (SSSR count). The van der Waals surface area contributed by atoms with Gasteiger partial charge in [0.25, 0.3) is 0 Å². The SMILES string of the molecule is CCCCCCCCCCCCC(=O)OC[C@H](COP(=O)(O)OC[C@H](O)COP(=O)(O)OC[C@@H](COC(=O)CCCCCCCCCCCCCCCCC(C)C)OC(=O)CCCCCCCCCCCCCCCCC(C)C)OC(=O)CCCCCCCCCCCCC(C)C. The molecular weight excluding hydrogens is 1270 g/mol. The molecule has 576 valence electrons. The Morgan fingerprint density at radius 3 is 0.701 bits per heavy atom. The fourth-order valence-corrected chi connectivity index (χ4v) is 13.5. The highest BCUT2D eigenvalue weighted by Crippen LogP contribution is 2.45. The van der Waals surface area contributed by atoms with Gasteiger partial charge in [0.05, 0.1) is 26.4 Å². The molecule has 0 aliphatic heterocycles. The Hall–Kier alpha value is -1.94. The maximum absolute atomic E-state index is 13.1. The minimum atomic E-state index is -4.96. The molecule has 0 aromatic rings. The average molecular weight is 1420 g/mol. The monoisotopic (exact) mass is 1420 g/mol. The predicted octanol–water partition coefficient (Wildman–Crippen LogP) is 23.0. The zero-order chi connectivity index (χ0) is 71.6. The molecule has 0 saturated heterocycles. The molecule has 0 fully saturated rings. The number of phosphoric ester groups is 2. The standard InChI is InChI=1S/C78H152O17P2/c1-8-9-10-11-12-13-31-38-45-52-59-75(80)88-65-73(95-78(83)62-55-48-41-34-27-26-30-37-44-51-58-71(6)7)67-92-96(84,85)90-63-72(79)64-91-97(86,87)93-68-74(94-77(82)61-54-47-40-33-25-21-17-15-19-23-29-36-43-50-57-70(4)5)66-89-76(81)60-53-46-39-32-24-20-16-14-18-22-28-35-42-49-56-69(2)3/h69-74,79H,8-68H2,1-7H3,(H,84,85)(H,86,87)/t72-,73+,74+/m0/s1. The van der Waals surface area contributed by atoms with Crippen LogP contribution < -0.4 is 0 Å². The topological polar surface area (TPSA) is 237 Å². The minimum Gasteiger partial charge on any atom is -0.462 e. The van der Waals surface area contributed by atoms with Crippen LogP contribution in [-0.4, -0.2) is 96.7 Å². The third kappa shape index (κ3) is 72.2. The van der Waals surface area contributed by atoms with Crippen LogP contribution in [-0.2, 0) is 65.4 Å². The molecule has 0 aliphatic rings. The van der Waals surface area contributed by atoms with Crippen molar-refractivity contribution in [3.05, 3.63) is 0 Å². The van der Waals surface area contributed by atoms with Crippen molar-refractivity contribution in [3.8, 4) is 0 Å². The van der Waals surface area contributed by atoms with Crippen molar-refractivity contribution in [2.75, 3.05) is 39.6 Å². The second-order valence-electron chi connectivity index (χ2n) is 29.5. The summed E-state index contributed by atoms with van der Waals surface area (Å²) in [6.45, 7) is 11.9. The van der Waals surface area contributed by atoms with Gasteiger partial charge in [0, 0.05) is 25.7 Å². The van der Waals surface area contributed by atoms with Crippen molar-refractivity contribution < 1.29 is 80.2 Å². The molecule has 0 spiro atoms. The Morgan fingerprint density at radius 2 is 0.474 bits per heavy atom. The number of hydrogen-bond donors (Lipinski definition) is 3. The van der Waals surface area contributed by atoms with E-state index in [0.717, 1.165) is 108 Å². The summed E-state index contributed by atoms with van der Waals surface area (Å²) in [7, 11) is -9.91. The number of phosphoric acid groups is 2. The van der Waals surface area contributed by atoms with Crippen LogP contribution in [0.15, 0.2) is 0 Å². The summed E-state index contributed by atoms with van der Waals surface area (Å²) >= 11 is 0. The lowest BCUT2D eigenvalue weighted by Gasteiger charge is -2.21. The maximum atomic E-state index is 13.1. The third-order valence-corrected chi connectivity index (χ3v) is 20.0. The van der Waals surface area contributed by atoms with Crippen LogP contribution in [0.2, 0.25) is 0 Å². The van der Waals surface area contributed by atoms with Gasteiger partial charge in [0.1, 0.15) is 19.3 Å². The third-order valence-electron chi connectivity index (χ3n) is 18.1. The van der Waals surface area contributed by atoms with Crippen molar-refractivity contribution >= 4 is 39.5 Å². The molecule has 3 N–H and O–H groups in total. The van der Waals surface area contributed by atoms with Gasteiger partial charge in [-0.15, -0.1) is 0 Å². The van der Waals surface area contributed by atoms with Gasteiger partial charge in [-0.2, -0.15) is 0 Å². The molecule has 19 heteroatoms. The quantitative estimate of drug-likeness (QED) is 0.0222. The maximum Gasteiger partial charge on any atom is 0.472 e. The van der Waals surface area contributed by atoms with Gasteiger partial charge in [0.15, 0.2) is 12.2 Å². The Bertz CT molecular complexity index is 1890. The molecule has 97 heavy (non-hydrogen) atoms. The molecule has 2 unspecified atom stereocenters. The zero-order valence-electron chi connectivity index (χ0n) is 63.5. The highest BCUT2D eigenvalue weighted by atomic mass is 31.2. The average Bonchev–Trinajstić information content (AvgIpc) is 3.72. The number of esters is 4. The fourth-order valence-electron chi connectivity index (χ4n) is 12.0. The summed E-state index contributed by atoms with van der Waals surface area (Å²) in [4.78, 5) is 72.9. The first kappa shape index (κ1) is 95.1. The number of hydrogen-bond acceptors (Lipinski definition) is 15. The normalized spacial score (nSPS) is 14.0. The van der Waals surface area contributed by atoms with Crippen LogP contribution in [0.25, 0.3) is 0 Å². The van der Waals surface area contributed by atoms with Crippen molar-refractivity contribution in [1.82, 2.24) is 0 Å². The molecule has 0 saturated carbocycles. The molecule has 0 radical (unpaired) electrons. The number of unbranched alkanes of at least 4 members (excludes halogenated alkanes) is 44. The van der Waals surface area contributed by atoms with Gasteiger partial charge in [-0.3, -0.25) is 37.3 Å². The van der Waals surface area contributed by atoms with E-state index >= 15 is 0 Å². The van der Waals surface area contributed by atoms with E-state index in [2.05, 4.69) is 48.5 Å². The van der Waals surface area contributed by atoms with E-state index in [-0.39, 0.29) is 25.7 Å². The molecule has 0 bridgehead atoms. The molecule has 0 aromatic heterocycles. The van der Waals surface area contributed by atoms with E-state index < -0.39 is 97.5 Å². The first-order chi connectivity index (χ1) is 46.7. The first-order valence-electron chi connectivity index (χ1n) is 40.3. The van der Waals surface area contributed by atoms with Gasteiger partial charge in [-0.05, 0) is 43.4 Å². The molecule has 0 aliphatic carbocycles. The lowest BCUT2D eigenvalue weighted by atomic mass is 10.0. The number of aliphatic hydroxyl groups is 1. The lowest BCUT2D eigenvalue weighted by Crippen LogP contribution is -2.30. The van der Waals surface area contributed by atoms with Crippen molar-refractivity contribution in [3.63, 3.8) is 0 Å². The van der Waals surface area contributed by atoms with Crippen LogP contribution in [0.3, 0.4) is 0 Å². The summed E-state index contributed by atoms with van der Waals surface area (Å²) in [5, 5.41) is 10.6. The number of aliphatic hydroxyl groups excluding tert-OH is 1. The lowest BCUT2D eigenvalue weighted by molar-refractivity contribution is -0.161. The van der Waals surface area contributed by atoms with Crippen LogP contribution in [0, 0.1) is 17.8 Å². The second-order valence-corrected chi connectivity index (χ2v) is 32.4. The predicted molar refractivity (Wildman–Crippen MR) is 395 cm³/mol. The van der Waals surface area contributed by atoms with Crippen LogP contribution in [0.5, 0.6) is 0 Å². The van der Waals surface area contributed by atoms with Gasteiger partial charge < -0.3 is 33.8 Å². The van der Waals surface area contributed by atoms with Crippen molar-refractivity contribution in [2.45, 2.75) is 420 Å². The second kappa shape index (κ2) is 68.5. The van der Waals surface area contributed by atoms with Crippen LogP contribution >= 0.6 is 15.6 Å². The van der Waals surface area contributed by atoms with Crippen LogP contribution in [0.4, 0.5) is 0 Å². The highest BCUT2D eigenvalue weighted by Gasteiger charge is 2.30. The van der Waals surface area contributed by atoms with E-state index in [4.69, 9.17) is 37.0 Å². The summed E-state index contributed by atoms with van der Waals surface area (Å²) in [5.74, 6) is 0.232. The first-order valence-corrected chi connectivity index (χ1v) is 43.3. The molecule has 17 nitrogen and oxygen atoms in total. The van der Waals surface area contributed by atoms with E-state index in [0.29, 0.717) is 25.7 Å². The van der Waals surface area contributed by atoms with E-state index in [1.54, 1.807) is 0 Å². The minimum absolute atomic E-state index is 0.106. The molecule has 0 amide bonds. The number of ether oxygens (including phenoxy) is 4. The van der Waals surface area contributed by atoms with Gasteiger partial charge in [0.2, 0.25) is 0 Å². The zero-order valence-corrected chi connectivity index (χ0v) is 65.3. The van der Waals surface area contributed by atoms with E-state index in [1.165, 1.54) is 212 Å². The van der Waals surface area contributed by atoms with Gasteiger partial charge in [-0.25, -0.2) is 9.13 Å². The Balaban J connectivity index is 5.24. The summed E-state index contributed by atoms with van der Waals surface area (Å²) in [6, 6.07) is 0. The molecule has 5 atom stereocenters. The number of carbonyl (C=O) groups is 4. The van der Waals surface area contributed by atoms with Crippen molar-refractivity contribution in [2.24, 2.45) is 17.8 Å². The Labute approximate surface area is 594 Å². The van der Waals surface area contributed by atoms with E-state index in [1.807, 2.05) is 0 Å². The summed E-state index contributed by atoms with van der Waals surface area (Å²) < 4.78 is 68.6. The van der Waals surface area contributed by atoms with Gasteiger partial charge >= 0.3 is 39.5 Å².